The van der Waals surface area contributed by atoms with E-state index in [1.807, 2.05) is 11.4 Å². The molecule has 110 valence electrons. The number of amides is 1. The van der Waals surface area contributed by atoms with Gasteiger partial charge >= 0.3 is 0 Å². The lowest BCUT2D eigenvalue weighted by molar-refractivity contribution is -0.121. The molecule has 4 heteroatoms. The van der Waals surface area contributed by atoms with Crippen molar-refractivity contribution in [2.24, 2.45) is 0 Å². The molecule has 1 aliphatic heterocycles. The number of hydrogen-bond donors (Lipinski definition) is 1. The number of thiophene rings is 1. The van der Waals surface area contributed by atoms with E-state index >= 15 is 0 Å². The lowest BCUT2D eigenvalue weighted by atomic mass is 10.0. The first-order valence-electron chi connectivity index (χ1n) is 7.43. The molecule has 1 aliphatic rings. The fraction of sp³-hybridized carbons (Fsp3) is 0.353. The number of rotatable bonds is 5. The summed E-state index contributed by atoms with van der Waals surface area (Å²) < 4.78 is 0. The maximum absolute atomic E-state index is 12.0. The first kappa shape index (κ1) is 14.1. The molecule has 0 radical (unpaired) electrons. The van der Waals surface area contributed by atoms with Gasteiger partial charge in [0.2, 0.25) is 5.91 Å². The summed E-state index contributed by atoms with van der Waals surface area (Å²) in [5.41, 5.74) is 3.88. The molecule has 0 saturated carbocycles. The number of para-hydroxylation sites is 1. The van der Waals surface area contributed by atoms with Gasteiger partial charge in [-0.3, -0.25) is 4.79 Å². The van der Waals surface area contributed by atoms with E-state index in [0.717, 1.165) is 19.5 Å². The zero-order chi connectivity index (χ0) is 14.5. The quantitative estimate of drug-likeness (QED) is 0.919. The van der Waals surface area contributed by atoms with Crippen molar-refractivity contribution in [1.82, 2.24) is 5.32 Å². The smallest absolute Gasteiger partial charge is 0.222 e. The molecular weight excluding hydrogens is 280 g/mol. The Morgan fingerprint density at radius 3 is 3.05 bits per heavy atom. The zero-order valence-corrected chi connectivity index (χ0v) is 12.9. The van der Waals surface area contributed by atoms with E-state index in [-0.39, 0.29) is 5.91 Å². The third-order valence-corrected chi connectivity index (χ3v) is 4.62. The summed E-state index contributed by atoms with van der Waals surface area (Å²) in [7, 11) is 0. The van der Waals surface area contributed by atoms with Crippen LogP contribution in [-0.4, -0.2) is 19.0 Å². The summed E-state index contributed by atoms with van der Waals surface area (Å²) in [6.07, 6.45) is 2.88. The molecule has 1 N–H and O–H groups in total. The minimum atomic E-state index is 0.129. The van der Waals surface area contributed by atoms with Gasteiger partial charge in [0.25, 0.3) is 0 Å². The predicted molar refractivity (Wildman–Crippen MR) is 87.8 cm³/mol. The number of hydrogen-bond acceptors (Lipinski definition) is 3. The van der Waals surface area contributed by atoms with Crippen LogP contribution in [-0.2, 0) is 17.8 Å². The van der Waals surface area contributed by atoms with E-state index in [0.29, 0.717) is 13.0 Å². The molecule has 3 rings (SSSR count). The summed E-state index contributed by atoms with van der Waals surface area (Å²) in [5.74, 6) is 0.129. The molecule has 0 atom stereocenters. The Labute approximate surface area is 129 Å². The lowest BCUT2D eigenvalue weighted by Crippen LogP contribution is -2.33. The molecule has 0 fully saturated rings. The summed E-state index contributed by atoms with van der Waals surface area (Å²) in [5, 5.41) is 7.09. The van der Waals surface area contributed by atoms with E-state index in [1.54, 1.807) is 11.3 Å². The highest BCUT2D eigenvalue weighted by Crippen LogP contribution is 2.26. The number of benzene rings is 1. The number of carbonyl (C=O) groups excluding carboxylic acids is 1. The van der Waals surface area contributed by atoms with Gasteiger partial charge in [0, 0.05) is 31.7 Å². The molecule has 0 spiro atoms. The average molecular weight is 300 g/mol. The van der Waals surface area contributed by atoms with Crippen LogP contribution in [0, 0.1) is 0 Å². The summed E-state index contributed by atoms with van der Waals surface area (Å²) in [6, 6.07) is 10.6. The molecule has 1 aromatic carbocycles. The molecule has 1 amide bonds. The van der Waals surface area contributed by atoms with Gasteiger partial charge in [0.15, 0.2) is 0 Å². The van der Waals surface area contributed by atoms with E-state index in [4.69, 9.17) is 0 Å². The van der Waals surface area contributed by atoms with Crippen LogP contribution in [0.2, 0.25) is 0 Å². The number of fused-ring (bicyclic) bond motifs is 1. The van der Waals surface area contributed by atoms with Gasteiger partial charge in [-0.15, -0.1) is 0 Å². The van der Waals surface area contributed by atoms with Gasteiger partial charge in [-0.25, -0.2) is 0 Å². The molecular formula is C17H20N2OS. The molecule has 2 heterocycles. The fourth-order valence-electron chi connectivity index (χ4n) is 2.76. The highest BCUT2D eigenvalue weighted by molar-refractivity contribution is 7.07. The standard InChI is InChI=1S/C17H20N2OS/c20-17(18-12-14-8-11-21-13-14)7-10-19-9-3-5-15-4-1-2-6-16(15)19/h1-2,4,6,8,11,13H,3,5,7,9-10,12H2,(H,18,20). The van der Waals surface area contributed by atoms with Crippen molar-refractivity contribution in [2.45, 2.75) is 25.8 Å². The van der Waals surface area contributed by atoms with Crippen LogP contribution in [0.5, 0.6) is 0 Å². The van der Waals surface area contributed by atoms with E-state index in [1.165, 1.54) is 23.2 Å². The van der Waals surface area contributed by atoms with Gasteiger partial charge in [0.05, 0.1) is 0 Å². The Hall–Kier alpha value is -1.81. The fourth-order valence-corrected chi connectivity index (χ4v) is 3.43. The molecule has 0 saturated heterocycles. The van der Waals surface area contributed by atoms with Crippen LogP contribution >= 0.6 is 11.3 Å². The summed E-state index contributed by atoms with van der Waals surface area (Å²) in [6.45, 7) is 2.49. The molecule has 0 aliphatic carbocycles. The monoisotopic (exact) mass is 300 g/mol. The van der Waals surface area contributed by atoms with Crippen molar-refractivity contribution in [1.29, 1.82) is 0 Å². The number of anilines is 1. The van der Waals surface area contributed by atoms with Crippen LogP contribution in [0.15, 0.2) is 41.1 Å². The Kier molecular flexibility index (Phi) is 4.55. The molecule has 3 nitrogen and oxygen atoms in total. The minimum Gasteiger partial charge on any atom is -0.371 e. The average Bonchev–Trinajstić information content (AvgIpc) is 3.04. The number of aryl methyl sites for hydroxylation is 1. The van der Waals surface area contributed by atoms with Crippen molar-refractivity contribution in [3.05, 3.63) is 52.2 Å². The lowest BCUT2D eigenvalue weighted by Gasteiger charge is -2.31. The first-order valence-corrected chi connectivity index (χ1v) is 8.38. The maximum atomic E-state index is 12.0. The number of nitrogens with zero attached hydrogens (tertiary/aromatic N) is 1. The second-order valence-electron chi connectivity index (χ2n) is 5.38. The van der Waals surface area contributed by atoms with Gasteiger partial charge in [-0.2, -0.15) is 11.3 Å². The van der Waals surface area contributed by atoms with Gasteiger partial charge < -0.3 is 10.2 Å². The predicted octanol–water partition coefficient (Wildman–Crippen LogP) is 3.21. The number of nitrogens with one attached hydrogen (secondary N) is 1. The second kappa shape index (κ2) is 6.76. The van der Waals surface area contributed by atoms with E-state index in [2.05, 4.69) is 39.9 Å². The second-order valence-corrected chi connectivity index (χ2v) is 6.16. The zero-order valence-electron chi connectivity index (χ0n) is 12.0. The normalized spacial score (nSPS) is 13.8. The van der Waals surface area contributed by atoms with Crippen LogP contribution in [0.25, 0.3) is 0 Å². The van der Waals surface area contributed by atoms with Crippen LogP contribution in [0.4, 0.5) is 5.69 Å². The van der Waals surface area contributed by atoms with Crippen LogP contribution in [0.1, 0.15) is 24.0 Å². The Bertz CT molecular complexity index is 595. The van der Waals surface area contributed by atoms with Crippen LogP contribution in [0.3, 0.4) is 0 Å². The topological polar surface area (TPSA) is 32.3 Å². The SMILES string of the molecule is O=C(CCN1CCCc2ccccc21)NCc1ccsc1. The van der Waals surface area contributed by atoms with Crippen molar-refractivity contribution < 1.29 is 4.79 Å². The van der Waals surface area contributed by atoms with Crippen molar-refractivity contribution >= 4 is 22.9 Å². The van der Waals surface area contributed by atoms with E-state index < -0.39 is 0 Å². The van der Waals surface area contributed by atoms with Crippen molar-refractivity contribution in [3.63, 3.8) is 0 Å². The Morgan fingerprint density at radius 1 is 1.29 bits per heavy atom. The van der Waals surface area contributed by atoms with Crippen molar-refractivity contribution in [3.8, 4) is 0 Å². The summed E-state index contributed by atoms with van der Waals surface area (Å²) in [4.78, 5) is 14.3. The van der Waals surface area contributed by atoms with Crippen LogP contribution < -0.4 is 10.2 Å². The molecule has 0 unspecified atom stereocenters. The van der Waals surface area contributed by atoms with Crippen molar-refractivity contribution in [2.75, 3.05) is 18.0 Å². The number of carbonyl (C=O) groups is 1. The molecule has 0 bridgehead atoms. The largest absolute Gasteiger partial charge is 0.371 e. The van der Waals surface area contributed by atoms with E-state index in [9.17, 15) is 4.79 Å². The molecule has 2 aromatic rings. The summed E-state index contributed by atoms with van der Waals surface area (Å²) >= 11 is 1.66. The third-order valence-electron chi connectivity index (χ3n) is 3.89. The maximum Gasteiger partial charge on any atom is 0.222 e. The first-order chi connectivity index (χ1) is 10.3. The Balaban J connectivity index is 1.50. The highest BCUT2D eigenvalue weighted by Gasteiger charge is 2.16. The van der Waals surface area contributed by atoms with Gasteiger partial charge in [-0.05, 0) is 46.9 Å². The molecule has 21 heavy (non-hydrogen) atoms. The Morgan fingerprint density at radius 2 is 2.19 bits per heavy atom. The van der Waals surface area contributed by atoms with Gasteiger partial charge in [0.1, 0.15) is 0 Å². The highest BCUT2D eigenvalue weighted by atomic mass is 32.1. The molecule has 1 aromatic heterocycles. The minimum absolute atomic E-state index is 0.129. The third kappa shape index (κ3) is 3.64. The van der Waals surface area contributed by atoms with Gasteiger partial charge in [-0.1, -0.05) is 18.2 Å².